The molecule has 0 amide bonds. The Kier molecular flexibility index (Phi) is 3.53. The second kappa shape index (κ2) is 5.10. The van der Waals surface area contributed by atoms with Gasteiger partial charge in [-0.3, -0.25) is 0 Å². The fraction of sp³-hybridized carbons (Fsp3) is 0.167. The molecule has 5 nitrogen and oxygen atoms in total. The van der Waals surface area contributed by atoms with Crippen molar-refractivity contribution in [2.75, 3.05) is 18.2 Å². The Bertz CT molecular complexity index is 574. The largest absolute Gasteiger partial charge is 0.490 e. The van der Waals surface area contributed by atoms with Crippen molar-refractivity contribution in [1.29, 1.82) is 0 Å². The van der Waals surface area contributed by atoms with Gasteiger partial charge in [0.1, 0.15) is 6.33 Å². The molecule has 0 aliphatic rings. The highest BCUT2D eigenvalue weighted by Crippen LogP contribution is 2.31. The summed E-state index contributed by atoms with van der Waals surface area (Å²) < 4.78 is 5.17. The molecule has 94 valence electrons. The number of ether oxygens (including phenoxy) is 1. The SMILES string of the molecule is COc1c(N)ncnc1Nc1cc(Cl)ccc1C. The summed E-state index contributed by atoms with van der Waals surface area (Å²) in [6.45, 7) is 1.97. The molecule has 18 heavy (non-hydrogen) atoms. The summed E-state index contributed by atoms with van der Waals surface area (Å²) in [6.07, 6.45) is 1.38. The van der Waals surface area contributed by atoms with Gasteiger partial charge >= 0.3 is 0 Å². The van der Waals surface area contributed by atoms with Gasteiger partial charge in [0.25, 0.3) is 0 Å². The van der Waals surface area contributed by atoms with E-state index in [1.165, 1.54) is 13.4 Å². The van der Waals surface area contributed by atoms with E-state index in [2.05, 4.69) is 15.3 Å². The lowest BCUT2D eigenvalue weighted by atomic mass is 10.2. The molecular formula is C12H13ClN4O. The zero-order valence-corrected chi connectivity index (χ0v) is 10.8. The van der Waals surface area contributed by atoms with E-state index < -0.39 is 0 Å². The van der Waals surface area contributed by atoms with Crippen LogP contribution in [0.1, 0.15) is 5.56 Å². The lowest BCUT2D eigenvalue weighted by Gasteiger charge is -2.12. The third kappa shape index (κ3) is 2.46. The molecule has 0 aliphatic carbocycles. The minimum atomic E-state index is 0.287. The lowest BCUT2D eigenvalue weighted by molar-refractivity contribution is 0.415. The normalized spacial score (nSPS) is 10.2. The van der Waals surface area contributed by atoms with E-state index in [-0.39, 0.29) is 5.82 Å². The molecule has 3 N–H and O–H groups in total. The van der Waals surface area contributed by atoms with Crippen LogP contribution in [-0.2, 0) is 0 Å². The van der Waals surface area contributed by atoms with Crippen LogP contribution in [0.4, 0.5) is 17.3 Å². The van der Waals surface area contributed by atoms with Crippen LogP contribution < -0.4 is 15.8 Å². The number of aromatic nitrogens is 2. The molecule has 6 heteroatoms. The number of nitrogen functional groups attached to an aromatic ring is 1. The number of benzene rings is 1. The van der Waals surface area contributed by atoms with Gasteiger partial charge in [-0.05, 0) is 24.6 Å². The summed E-state index contributed by atoms with van der Waals surface area (Å²) in [6, 6.07) is 5.56. The van der Waals surface area contributed by atoms with Crippen LogP contribution in [0.25, 0.3) is 0 Å². The van der Waals surface area contributed by atoms with Gasteiger partial charge in [-0.25, -0.2) is 9.97 Å². The molecule has 0 unspecified atom stereocenters. The van der Waals surface area contributed by atoms with Crippen LogP contribution in [-0.4, -0.2) is 17.1 Å². The van der Waals surface area contributed by atoms with E-state index in [0.717, 1.165) is 11.3 Å². The number of anilines is 3. The van der Waals surface area contributed by atoms with E-state index in [9.17, 15) is 0 Å². The average Bonchev–Trinajstić information content (AvgIpc) is 2.34. The third-order valence-electron chi connectivity index (χ3n) is 2.49. The molecule has 1 aromatic carbocycles. The van der Waals surface area contributed by atoms with Gasteiger partial charge < -0.3 is 15.8 Å². The first-order valence-electron chi connectivity index (χ1n) is 5.29. The number of hydrogen-bond acceptors (Lipinski definition) is 5. The van der Waals surface area contributed by atoms with Gasteiger partial charge in [0.15, 0.2) is 11.6 Å². The predicted octanol–water partition coefficient (Wildman–Crippen LogP) is 2.77. The summed E-state index contributed by atoms with van der Waals surface area (Å²) in [5.41, 5.74) is 7.60. The minimum Gasteiger partial charge on any atom is -0.490 e. The summed E-state index contributed by atoms with van der Waals surface area (Å²) in [5, 5.41) is 3.78. The molecule has 0 atom stereocenters. The zero-order valence-electron chi connectivity index (χ0n) is 10.1. The number of nitrogens with two attached hydrogens (primary N) is 1. The molecule has 2 aromatic rings. The van der Waals surface area contributed by atoms with E-state index in [0.29, 0.717) is 16.6 Å². The molecule has 0 saturated heterocycles. The topological polar surface area (TPSA) is 73.1 Å². The van der Waals surface area contributed by atoms with Crippen molar-refractivity contribution in [3.63, 3.8) is 0 Å². The number of methoxy groups -OCH3 is 1. The van der Waals surface area contributed by atoms with Crippen molar-refractivity contribution in [1.82, 2.24) is 9.97 Å². The molecule has 0 bridgehead atoms. The van der Waals surface area contributed by atoms with Crippen molar-refractivity contribution in [2.24, 2.45) is 0 Å². The summed E-state index contributed by atoms with van der Waals surface area (Å²) in [4.78, 5) is 7.97. The highest BCUT2D eigenvalue weighted by molar-refractivity contribution is 6.30. The van der Waals surface area contributed by atoms with E-state index >= 15 is 0 Å². The fourth-order valence-electron chi connectivity index (χ4n) is 1.53. The maximum atomic E-state index is 5.96. The number of nitrogens with zero attached hydrogens (tertiary/aromatic N) is 2. The Hall–Kier alpha value is -2.01. The highest BCUT2D eigenvalue weighted by atomic mass is 35.5. The fourth-order valence-corrected chi connectivity index (χ4v) is 1.71. The Morgan fingerprint density at radius 2 is 2.11 bits per heavy atom. The van der Waals surface area contributed by atoms with Crippen LogP contribution in [0, 0.1) is 6.92 Å². The Morgan fingerprint density at radius 1 is 1.33 bits per heavy atom. The van der Waals surface area contributed by atoms with Crippen molar-refractivity contribution < 1.29 is 4.74 Å². The molecule has 0 aliphatic heterocycles. The molecule has 0 fully saturated rings. The number of aryl methyl sites for hydroxylation is 1. The van der Waals surface area contributed by atoms with Crippen molar-refractivity contribution in [3.8, 4) is 5.75 Å². The number of hydrogen-bond donors (Lipinski definition) is 2. The van der Waals surface area contributed by atoms with Crippen LogP contribution >= 0.6 is 11.6 Å². The average molecular weight is 265 g/mol. The molecule has 0 radical (unpaired) electrons. The zero-order chi connectivity index (χ0) is 13.1. The maximum Gasteiger partial charge on any atom is 0.204 e. The predicted molar refractivity (Wildman–Crippen MR) is 72.5 cm³/mol. The first kappa shape index (κ1) is 12.4. The second-order valence-corrected chi connectivity index (χ2v) is 4.16. The van der Waals surface area contributed by atoms with Crippen molar-refractivity contribution in [3.05, 3.63) is 35.1 Å². The molecule has 1 aromatic heterocycles. The van der Waals surface area contributed by atoms with Crippen LogP contribution in [0.2, 0.25) is 5.02 Å². The smallest absolute Gasteiger partial charge is 0.204 e. The van der Waals surface area contributed by atoms with Gasteiger partial charge in [0.05, 0.1) is 7.11 Å². The first-order valence-corrected chi connectivity index (χ1v) is 5.67. The van der Waals surface area contributed by atoms with Crippen LogP contribution in [0.15, 0.2) is 24.5 Å². The van der Waals surface area contributed by atoms with Gasteiger partial charge in [-0.2, -0.15) is 0 Å². The summed E-state index contributed by atoms with van der Waals surface area (Å²) in [7, 11) is 1.52. The molecule has 1 heterocycles. The van der Waals surface area contributed by atoms with Gasteiger partial charge in [0, 0.05) is 10.7 Å². The molecule has 0 saturated carbocycles. The van der Waals surface area contributed by atoms with Crippen molar-refractivity contribution >= 4 is 28.9 Å². The number of rotatable bonds is 3. The van der Waals surface area contributed by atoms with Gasteiger partial charge in [0.2, 0.25) is 5.75 Å². The number of nitrogens with one attached hydrogen (secondary N) is 1. The molecular weight excluding hydrogens is 252 g/mol. The standard InChI is InChI=1S/C12H13ClN4O/c1-7-3-4-8(13)5-9(7)17-12-10(18-2)11(14)15-6-16-12/h3-6H,1-2H3,(H3,14,15,16,17). The Labute approximate surface area is 110 Å². The quantitative estimate of drug-likeness (QED) is 0.892. The van der Waals surface area contributed by atoms with Crippen LogP contribution in [0.5, 0.6) is 5.75 Å². The summed E-state index contributed by atoms with van der Waals surface area (Å²) >= 11 is 5.96. The monoisotopic (exact) mass is 264 g/mol. The highest BCUT2D eigenvalue weighted by Gasteiger charge is 2.10. The maximum absolute atomic E-state index is 5.96. The van der Waals surface area contributed by atoms with E-state index in [1.54, 1.807) is 0 Å². The van der Waals surface area contributed by atoms with E-state index in [1.807, 2.05) is 25.1 Å². The minimum absolute atomic E-state index is 0.287. The number of halogens is 1. The first-order chi connectivity index (χ1) is 8.61. The van der Waals surface area contributed by atoms with Crippen LogP contribution in [0.3, 0.4) is 0 Å². The lowest BCUT2D eigenvalue weighted by Crippen LogP contribution is -2.03. The Balaban J connectivity index is 2.40. The van der Waals surface area contributed by atoms with E-state index in [4.69, 9.17) is 22.1 Å². The Morgan fingerprint density at radius 3 is 2.83 bits per heavy atom. The van der Waals surface area contributed by atoms with Crippen molar-refractivity contribution in [2.45, 2.75) is 6.92 Å². The third-order valence-corrected chi connectivity index (χ3v) is 2.72. The molecule has 0 spiro atoms. The molecule has 2 rings (SSSR count). The second-order valence-electron chi connectivity index (χ2n) is 3.73. The van der Waals surface area contributed by atoms with Gasteiger partial charge in [-0.15, -0.1) is 0 Å². The van der Waals surface area contributed by atoms with Gasteiger partial charge in [-0.1, -0.05) is 17.7 Å². The summed E-state index contributed by atoms with van der Waals surface area (Å²) in [5.74, 6) is 1.21.